The zero-order chi connectivity index (χ0) is 13.2. The smallest absolute Gasteiger partial charge is 0.0822 e. The lowest BCUT2D eigenvalue weighted by Gasteiger charge is -2.28. The van der Waals surface area contributed by atoms with E-state index >= 15 is 0 Å². The lowest BCUT2D eigenvalue weighted by atomic mass is 9.79. The van der Waals surface area contributed by atoms with Crippen LogP contribution in [0.25, 0.3) is 0 Å². The van der Waals surface area contributed by atoms with Crippen LogP contribution in [0.15, 0.2) is 48.5 Å². The van der Waals surface area contributed by atoms with Crippen LogP contribution in [0.2, 0.25) is 5.02 Å². The molecule has 0 heterocycles. The summed E-state index contributed by atoms with van der Waals surface area (Å²) < 4.78 is 0. The monoisotopic (exact) mass is 272 g/mol. The van der Waals surface area contributed by atoms with Gasteiger partial charge in [-0.1, -0.05) is 48.0 Å². The Hall–Kier alpha value is -1.31. The molecule has 1 aliphatic rings. The second-order valence-corrected chi connectivity index (χ2v) is 5.71. The topological polar surface area (TPSA) is 20.2 Å². The van der Waals surface area contributed by atoms with Gasteiger partial charge in [0.15, 0.2) is 0 Å². The first-order valence-corrected chi connectivity index (χ1v) is 7.12. The normalized spacial score (nSPS) is 19.8. The molecule has 0 amide bonds. The maximum atomic E-state index is 10.5. The molecular weight excluding hydrogens is 256 g/mol. The molecule has 2 atom stereocenters. The van der Waals surface area contributed by atoms with Gasteiger partial charge in [-0.15, -0.1) is 0 Å². The fraction of sp³-hybridized carbons (Fsp3) is 0.294. The SMILES string of the molecule is OC(c1cccc(Cl)c1)C1CCc2ccccc2C1. The molecule has 1 aliphatic carbocycles. The third-order valence-corrected chi connectivity index (χ3v) is 4.26. The van der Waals surface area contributed by atoms with Gasteiger partial charge in [-0.2, -0.15) is 0 Å². The largest absolute Gasteiger partial charge is 0.388 e. The van der Waals surface area contributed by atoms with E-state index < -0.39 is 6.10 Å². The fourth-order valence-corrected chi connectivity index (χ4v) is 3.16. The molecule has 0 aromatic heterocycles. The number of hydrogen-bond donors (Lipinski definition) is 1. The molecule has 1 N–H and O–H groups in total. The Kier molecular flexibility index (Phi) is 3.58. The minimum Gasteiger partial charge on any atom is -0.388 e. The van der Waals surface area contributed by atoms with Crippen molar-refractivity contribution in [2.75, 3.05) is 0 Å². The minimum atomic E-state index is -0.424. The lowest BCUT2D eigenvalue weighted by molar-refractivity contribution is 0.0995. The van der Waals surface area contributed by atoms with Crippen molar-refractivity contribution in [3.05, 3.63) is 70.2 Å². The Morgan fingerprint density at radius 1 is 1.05 bits per heavy atom. The average molecular weight is 273 g/mol. The van der Waals surface area contributed by atoms with Crippen molar-refractivity contribution in [1.29, 1.82) is 0 Å². The highest BCUT2D eigenvalue weighted by Crippen LogP contribution is 2.34. The summed E-state index contributed by atoms with van der Waals surface area (Å²) in [5, 5.41) is 11.2. The number of benzene rings is 2. The molecule has 2 unspecified atom stereocenters. The van der Waals surface area contributed by atoms with Gasteiger partial charge >= 0.3 is 0 Å². The van der Waals surface area contributed by atoms with Crippen molar-refractivity contribution in [2.45, 2.75) is 25.4 Å². The van der Waals surface area contributed by atoms with Gasteiger partial charge in [0.2, 0.25) is 0 Å². The highest BCUT2D eigenvalue weighted by Gasteiger charge is 2.25. The van der Waals surface area contributed by atoms with Gasteiger partial charge in [0.25, 0.3) is 0 Å². The maximum Gasteiger partial charge on any atom is 0.0822 e. The molecule has 19 heavy (non-hydrogen) atoms. The van der Waals surface area contributed by atoms with Crippen molar-refractivity contribution in [3.8, 4) is 0 Å². The number of hydrogen-bond acceptors (Lipinski definition) is 1. The van der Waals surface area contributed by atoms with Crippen LogP contribution >= 0.6 is 11.6 Å². The lowest BCUT2D eigenvalue weighted by Crippen LogP contribution is -2.21. The third kappa shape index (κ3) is 2.68. The Balaban J connectivity index is 1.81. The summed E-state index contributed by atoms with van der Waals surface area (Å²) in [6.45, 7) is 0. The van der Waals surface area contributed by atoms with Crippen molar-refractivity contribution in [1.82, 2.24) is 0 Å². The highest BCUT2D eigenvalue weighted by molar-refractivity contribution is 6.30. The number of aliphatic hydroxyl groups is 1. The number of fused-ring (bicyclic) bond motifs is 1. The molecule has 2 aromatic carbocycles. The van der Waals surface area contributed by atoms with Crippen LogP contribution in [0.4, 0.5) is 0 Å². The molecule has 0 aliphatic heterocycles. The first-order chi connectivity index (χ1) is 9.24. The zero-order valence-corrected chi connectivity index (χ0v) is 11.5. The Morgan fingerprint density at radius 2 is 1.84 bits per heavy atom. The van der Waals surface area contributed by atoms with Crippen molar-refractivity contribution in [3.63, 3.8) is 0 Å². The summed E-state index contributed by atoms with van der Waals surface area (Å²) >= 11 is 6.00. The number of aryl methyl sites for hydroxylation is 1. The molecule has 0 radical (unpaired) electrons. The van der Waals surface area contributed by atoms with Crippen molar-refractivity contribution < 1.29 is 5.11 Å². The highest BCUT2D eigenvalue weighted by atomic mass is 35.5. The van der Waals surface area contributed by atoms with E-state index in [2.05, 4.69) is 24.3 Å². The quantitative estimate of drug-likeness (QED) is 0.870. The molecule has 0 bridgehead atoms. The number of halogens is 1. The Bertz CT molecular complexity index is 579. The number of rotatable bonds is 2. The van der Waals surface area contributed by atoms with E-state index in [1.165, 1.54) is 11.1 Å². The predicted octanol–water partition coefficient (Wildman–Crippen LogP) is 4.18. The average Bonchev–Trinajstić information content (AvgIpc) is 2.46. The fourth-order valence-electron chi connectivity index (χ4n) is 2.96. The molecule has 0 saturated heterocycles. The third-order valence-electron chi connectivity index (χ3n) is 4.02. The molecule has 0 spiro atoms. The summed E-state index contributed by atoms with van der Waals surface area (Å²) in [6, 6.07) is 16.1. The van der Waals surface area contributed by atoms with E-state index in [1.807, 2.05) is 24.3 Å². The molecule has 1 nitrogen and oxygen atoms in total. The van der Waals surface area contributed by atoms with Crippen LogP contribution in [0.1, 0.15) is 29.2 Å². The van der Waals surface area contributed by atoms with E-state index in [4.69, 9.17) is 11.6 Å². The van der Waals surface area contributed by atoms with E-state index in [-0.39, 0.29) is 5.92 Å². The second kappa shape index (κ2) is 5.36. The molecule has 0 saturated carbocycles. The van der Waals surface area contributed by atoms with Gasteiger partial charge in [0.1, 0.15) is 0 Å². The van der Waals surface area contributed by atoms with Gasteiger partial charge < -0.3 is 5.11 Å². The standard InChI is InChI=1S/C17H17ClO/c18-16-7-3-6-14(11-16)17(19)15-9-8-12-4-1-2-5-13(12)10-15/h1-7,11,15,17,19H,8-10H2. The second-order valence-electron chi connectivity index (χ2n) is 5.27. The molecular formula is C17H17ClO. The van der Waals surface area contributed by atoms with Crippen LogP contribution < -0.4 is 0 Å². The molecule has 3 rings (SSSR count). The summed E-state index contributed by atoms with van der Waals surface area (Å²) in [5.74, 6) is 0.286. The molecule has 98 valence electrons. The van der Waals surface area contributed by atoms with Crippen LogP contribution in [0.5, 0.6) is 0 Å². The first-order valence-electron chi connectivity index (χ1n) is 6.74. The van der Waals surface area contributed by atoms with Crippen LogP contribution in [-0.2, 0) is 12.8 Å². The molecule has 2 heteroatoms. The van der Waals surface area contributed by atoms with Crippen LogP contribution in [0, 0.1) is 5.92 Å². The van der Waals surface area contributed by atoms with E-state index in [0.29, 0.717) is 5.02 Å². The van der Waals surface area contributed by atoms with E-state index in [1.54, 1.807) is 0 Å². The van der Waals surface area contributed by atoms with Gasteiger partial charge in [0.05, 0.1) is 6.10 Å². The predicted molar refractivity (Wildman–Crippen MR) is 78.4 cm³/mol. The first kappa shape index (κ1) is 12.7. The van der Waals surface area contributed by atoms with E-state index in [9.17, 15) is 5.11 Å². The van der Waals surface area contributed by atoms with Crippen LogP contribution in [0.3, 0.4) is 0 Å². The summed E-state index contributed by atoms with van der Waals surface area (Å²) in [7, 11) is 0. The van der Waals surface area contributed by atoms with Gasteiger partial charge in [-0.25, -0.2) is 0 Å². The number of aliphatic hydroxyl groups excluding tert-OH is 1. The zero-order valence-electron chi connectivity index (χ0n) is 10.7. The van der Waals surface area contributed by atoms with Gasteiger partial charge in [-0.05, 0) is 54.0 Å². The summed E-state index contributed by atoms with van der Waals surface area (Å²) in [4.78, 5) is 0. The maximum absolute atomic E-state index is 10.5. The molecule has 0 fully saturated rings. The summed E-state index contributed by atoms with van der Waals surface area (Å²) in [5.41, 5.74) is 3.73. The van der Waals surface area contributed by atoms with Crippen LogP contribution in [-0.4, -0.2) is 5.11 Å². The Labute approximate surface area is 118 Å². The van der Waals surface area contributed by atoms with E-state index in [0.717, 1.165) is 24.8 Å². The van der Waals surface area contributed by atoms with Crippen molar-refractivity contribution in [2.24, 2.45) is 5.92 Å². The minimum absolute atomic E-state index is 0.286. The Morgan fingerprint density at radius 3 is 2.63 bits per heavy atom. The van der Waals surface area contributed by atoms with Gasteiger partial charge in [-0.3, -0.25) is 0 Å². The van der Waals surface area contributed by atoms with Crippen molar-refractivity contribution >= 4 is 11.6 Å². The van der Waals surface area contributed by atoms with Gasteiger partial charge in [0, 0.05) is 5.02 Å². The molecule has 2 aromatic rings. The summed E-state index contributed by atoms with van der Waals surface area (Å²) in [6.07, 6.45) is 2.61.